The van der Waals surface area contributed by atoms with E-state index >= 15 is 0 Å². The fraction of sp³-hybridized carbons (Fsp3) is 0.257. The van der Waals surface area contributed by atoms with Gasteiger partial charge in [0.05, 0.1) is 22.2 Å². The number of hydrogen-bond acceptors (Lipinski definition) is 5. The minimum absolute atomic E-state index is 0.0190. The Morgan fingerprint density at radius 1 is 0.891 bits per heavy atom. The Hall–Kier alpha value is -3.67. The highest BCUT2D eigenvalue weighted by Crippen LogP contribution is 2.31. The number of amides is 2. The van der Waals surface area contributed by atoms with E-state index in [2.05, 4.69) is 37.2 Å². The first-order valence-corrected chi connectivity index (χ1v) is 17.8. The van der Waals surface area contributed by atoms with Gasteiger partial charge in [0.15, 0.2) is 0 Å². The third-order valence-corrected chi connectivity index (χ3v) is 10.3. The van der Waals surface area contributed by atoms with Crippen LogP contribution in [0.3, 0.4) is 0 Å². The first-order valence-electron chi connectivity index (χ1n) is 14.8. The van der Waals surface area contributed by atoms with Crippen LogP contribution in [0.15, 0.2) is 111 Å². The van der Waals surface area contributed by atoms with Gasteiger partial charge in [0.2, 0.25) is 11.8 Å². The molecule has 46 heavy (non-hydrogen) atoms. The lowest BCUT2D eigenvalue weighted by atomic mass is 10.0. The first-order chi connectivity index (χ1) is 22.0. The number of benzene rings is 4. The Kier molecular flexibility index (Phi) is 12.4. The maximum Gasteiger partial charge on any atom is 0.264 e. The van der Waals surface area contributed by atoms with Crippen LogP contribution in [-0.4, -0.2) is 51.4 Å². The van der Waals surface area contributed by atoms with Crippen LogP contribution in [0.5, 0.6) is 5.75 Å². The van der Waals surface area contributed by atoms with Gasteiger partial charge in [0, 0.05) is 24.0 Å². The van der Waals surface area contributed by atoms with Crippen molar-refractivity contribution in [1.29, 1.82) is 0 Å². The number of aryl methyl sites for hydroxylation is 1. The number of nitrogens with one attached hydrogen (secondary N) is 1. The molecule has 0 aliphatic rings. The van der Waals surface area contributed by atoms with Gasteiger partial charge in [-0.3, -0.25) is 13.9 Å². The maximum absolute atomic E-state index is 14.5. The number of rotatable bonds is 14. The van der Waals surface area contributed by atoms with Gasteiger partial charge in [-0.1, -0.05) is 83.0 Å². The number of ether oxygens (including phenoxy) is 1. The molecular weight excluding hydrogens is 734 g/mol. The van der Waals surface area contributed by atoms with Crippen molar-refractivity contribution in [3.05, 3.63) is 123 Å². The quantitative estimate of drug-likeness (QED) is 0.151. The van der Waals surface area contributed by atoms with E-state index in [9.17, 15) is 18.0 Å². The van der Waals surface area contributed by atoms with Crippen LogP contribution in [0.4, 0.5) is 5.69 Å². The number of nitrogens with zero attached hydrogens (tertiary/aromatic N) is 2. The molecule has 0 unspecified atom stereocenters. The number of carbonyl (C=O) groups is 2. The molecule has 0 spiro atoms. The standard InChI is InChI=1S/C35H37Br2N3O5S/c1-4-20-38-35(42)32(21-26-8-6-5-7-9-26)39(23-27-12-14-28(36)15-13-27)34(41)24-40(29-16-10-25(2)11-17-29)46(43,44)30-18-19-33(45-3)31(37)22-30/h5-19,22,32H,4,20-21,23-24H2,1-3H3,(H,38,42)/t32-/m0/s1. The number of sulfonamides is 1. The zero-order valence-corrected chi connectivity index (χ0v) is 29.9. The molecule has 0 saturated heterocycles. The van der Waals surface area contributed by atoms with Crippen LogP contribution < -0.4 is 14.4 Å². The van der Waals surface area contributed by atoms with Gasteiger partial charge < -0.3 is 15.0 Å². The second-order valence-corrected chi connectivity index (χ2v) is 14.4. The van der Waals surface area contributed by atoms with E-state index in [-0.39, 0.29) is 23.8 Å². The Bertz CT molecular complexity index is 1730. The Balaban J connectivity index is 1.80. The molecule has 0 heterocycles. The van der Waals surface area contributed by atoms with Gasteiger partial charge in [-0.2, -0.15) is 0 Å². The fourth-order valence-corrected chi connectivity index (χ4v) is 7.28. The molecule has 11 heteroatoms. The third-order valence-electron chi connectivity index (χ3n) is 7.40. The number of methoxy groups -OCH3 is 1. The average molecular weight is 772 g/mol. The Labute approximate surface area is 288 Å². The van der Waals surface area contributed by atoms with Crippen molar-refractivity contribution >= 4 is 59.4 Å². The summed E-state index contributed by atoms with van der Waals surface area (Å²) in [6, 6.07) is 27.4. The molecule has 1 N–H and O–H groups in total. The van der Waals surface area contributed by atoms with E-state index < -0.39 is 28.5 Å². The average Bonchev–Trinajstić information content (AvgIpc) is 3.05. The molecule has 1 atom stereocenters. The lowest BCUT2D eigenvalue weighted by Crippen LogP contribution is -2.53. The highest BCUT2D eigenvalue weighted by Gasteiger charge is 2.34. The van der Waals surface area contributed by atoms with Crippen LogP contribution in [0.2, 0.25) is 0 Å². The Morgan fingerprint density at radius 3 is 2.17 bits per heavy atom. The van der Waals surface area contributed by atoms with Crippen LogP contribution in [-0.2, 0) is 32.6 Å². The van der Waals surface area contributed by atoms with Gasteiger partial charge >= 0.3 is 0 Å². The van der Waals surface area contributed by atoms with Gasteiger partial charge in [-0.05, 0) is 82.9 Å². The maximum atomic E-state index is 14.5. The summed E-state index contributed by atoms with van der Waals surface area (Å²) in [7, 11) is -2.75. The second-order valence-electron chi connectivity index (χ2n) is 10.8. The van der Waals surface area contributed by atoms with Crippen LogP contribution in [0.25, 0.3) is 0 Å². The fourth-order valence-electron chi connectivity index (χ4n) is 4.88. The van der Waals surface area contributed by atoms with Crippen LogP contribution >= 0.6 is 31.9 Å². The van der Waals surface area contributed by atoms with E-state index in [0.717, 1.165) is 31.9 Å². The number of anilines is 1. The topological polar surface area (TPSA) is 96.0 Å². The summed E-state index contributed by atoms with van der Waals surface area (Å²) in [5, 5.41) is 2.96. The SMILES string of the molecule is CCCNC(=O)[C@H](Cc1ccccc1)N(Cc1ccc(Br)cc1)C(=O)CN(c1ccc(C)cc1)S(=O)(=O)c1ccc(OC)c(Br)c1. The zero-order valence-electron chi connectivity index (χ0n) is 26.0. The molecule has 242 valence electrons. The number of halogens is 2. The van der Waals surface area contributed by atoms with Crippen molar-refractivity contribution in [1.82, 2.24) is 10.2 Å². The molecule has 0 bridgehead atoms. The summed E-state index contributed by atoms with van der Waals surface area (Å²) >= 11 is 6.85. The van der Waals surface area contributed by atoms with Crippen LogP contribution in [0, 0.1) is 6.92 Å². The van der Waals surface area contributed by atoms with Gasteiger partial charge in [0.25, 0.3) is 10.0 Å². The predicted molar refractivity (Wildman–Crippen MR) is 188 cm³/mol. The molecule has 0 radical (unpaired) electrons. The predicted octanol–water partition coefficient (Wildman–Crippen LogP) is 6.89. The summed E-state index contributed by atoms with van der Waals surface area (Å²) in [5.74, 6) is -0.355. The lowest BCUT2D eigenvalue weighted by molar-refractivity contribution is -0.140. The minimum Gasteiger partial charge on any atom is -0.496 e. The second kappa shape index (κ2) is 16.2. The smallest absolute Gasteiger partial charge is 0.264 e. The van der Waals surface area contributed by atoms with Crippen LogP contribution in [0.1, 0.15) is 30.0 Å². The number of hydrogen-bond donors (Lipinski definition) is 1. The highest BCUT2D eigenvalue weighted by molar-refractivity contribution is 9.10. The van der Waals surface area contributed by atoms with Crippen molar-refractivity contribution in [2.75, 3.05) is 24.5 Å². The molecule has 4 rings (SSSR count). The molecule has 4 aromatic rings. The molecule has 0 fully saturated rings. The largest absolute Gasteiger partial charge is 0.496 e. The molecule has 0 aliphatic carbocycles. The molecule has 8 nitrogen and oxygen atoms in total. The molecule has 4 aromatic carbocycles. The van der Waals surface area contributed by atoms with Gasteiger partial charge in [0.1, 0.15) is 18.3 Å². The molecule has 2 amide bonds. The molecule has 0 saturated carbocycles. The van der Waals surface area contributed by atoms with E-state index in [1.54, 1.807) is 30.3 Å². The zero-order chi connectivity index (χ0) is 33.3. The molecule has 0 aromatic heterocycles. The summed E-state index contributed by atoms with van der Waals surface area (Å²) in [6.45, 7) is 3.87. The van der Waals surface area contributed by atoms with Crippen molar-refractivity contribution in [3.63, 3.8) is 0 Å². The summed E-state index contributed by atoms with van der Waals surface area (Å²) in [6.07, 6.45) is 0.975. The van der Waals surface area contributed by atoms with Crippen molar-refractivity contribution in [2.45, 2.75) is 44.2 Å². The van der Waals surface area contributed by atoms with Crippen molar-refractivity contribution in [2.24, 2.45) is 0 Å². The summed E-state index contributed by atoms with van der Waals surface area (Å²) in [4.78, 5) is 29.7. The minimum atomic E-state index is -4.25. The normalized spacial score (nSPS) is 11.8. The van der Waals surface area contributed by atoms with E-state index in [1.165, 1.54) is 24.1 Å². The first kappa shape index (κ1) is 35.2. The van der Waals surface area contributed by atoms with E-state index in [1.807, 2.05) is 68.4 Å². The molecule has 0 aliphatic heterocycles. The van der Waals surface area contributed by atoms with Crippen molar-refractivity contribution < 1.29 is 22.7 Å². The summed E-state index contributed by atoms with van der Waals surface area (Å²) in [5.41, 5.74) is 2.93. The summed E-state index contributed by atoms with van der Waals surface area (Å²) < 4.78 is 36.3. The van der Waals surface area contributed by atoms with E-state index in [4.69, 9.17) is 4.74 Å². The Morgan fingerprint density at radius 2 is 1.57 bits per heavy atom. The lowest BCUT2D eigenvalue weighted by Gasteiger charge is -2.34. The van der Waals surface area contributed by atoms with Crippen molar-refractivity contribution in [3.8, 4) is 5.75 Å². The van der Waals surface area contributed by atoms with Gasteiger partial charge in [-0.15, -0.1) is 0 Å². The highest BCUT2D eigenvalue weighted by atomic mass is 79.9. The third kappa shape index (κ3) is 8.98. The number of carbonyl (C=O) groups excluding carboxylic acids is 2. The van der Waals surface area contributed by atoms with E-state index in [0.29, 0.717) is 22.5 Å². The monoisotopic (exact) mass is 769 g/mol. The molecular formula is C35H37Br2N3O5S. The van der Waals surface area contributed by atoms with Gasteiger partial charge in [-0.25, -0.2) is 8.42 Å².